The summed E-state index contributed by atoms with van der Waals surface area (Å²) in [4.78, 5) is 11.5. The van der Waals surface area contributed by atoms with Crippen molar-refractivity contribution in [2.75, 3.05) is 0 Å². The molecule has 0 bridgehead atoms. The molecule has 3 aromatic rings. The minimum absolute atomic E-state index is 0.363. The Hall–Kier alpha value is -2.08. The summed E-state index contributed by atoms with van der Waals surface area (Å²) in [6, 6.07) is 15.1. The monoisotopic (exact) mass is 418 g/mol. The molecule has 23 heavy (non-hydrogen) atoms. The highest BCUT2D eigenvalue weighted by Crippen LogP contribution is 2.29. The van der Waals surface area contributed by atoms with E-state index < -0.39 is 0 Å². The lowest BCUT2D eigenvalue weighted by atomic mass is 10.1. The van der Waals surface area contributed by atoms with Gasteiger partial charge in [-0.1, -0.05) is 24.3 Å². The van der Waals surface area contributed by atoms with E-state index >= 15 is 0 Å². The molecule has 4 heteroatoms. The highest BCUT2D eigenvalue weighted by atomic mass is 127. The van der Waals surface area contributed by atoms with E-state index in [1.54, 1.807) is 12.1 Å². The topological polar surface area (TPSA) is 39.4 Å². The normalized spacial score (nSPS) is 10.7. The minimum Gasteiger partial charge on any atom is -0.488 e. The van der Waals surface area contributed by atoms with Gasteiger partial charge in [0.1, 0.15) is 17.9 Å². The zero-order chi connectivity index (χ0) is 16.2. The lowest BCUT2D eigenvalue weighted by molar-refractivity contribution is 0.302. The number of rotatable bonds is 5. The maximum Gasteiger partial charge on any atom is 0.336 e. The van der Waals surface area contributed by atoms with E-state index in [0.29, 0.717) is 24.4 Å². The molecule has 2 aromatic carbocycles. The van der Waals surface area contributed by atoms with Gasteiger partial charge >= 0.3 is 5.63 Å². The van der Waals surface area contributed by atoms with Crippen LogP contribution in [0.5, 0.6) is 5.75 Å². The van der Waals surface area contributed by atoms with Crippen LogP contribution in [-0.2, 0) is 13.0 Å². The third-order valence-corrected chi connectivity index (χ3v) is 4.59. The zero-order valence-corrected chi connectivity index (χ0v) is 14.6. The van der Waals surface area contributed by atoms with Gasteiger partial charge in [-0.2, -0.15) is 0 Å². The van der Waals surface area contributed by atoms with Gasteiger partial charge < -0.3 is 9.15 Å². The Morgan fingerprint density at radius 2 is 1.91 bits per heavy atom. The molecule has 3 nitrogen and oxygen atoms in total. The van der Waals surface area contributed by atoms with E-state index in [-0.39, 0.29) is 5.63 Å². The van der Waals surface area contributed by atoms with Crippen LogP contribution in [0, 0.1) is 3.57 Å². The second kappa shape index (κ2) is 7.00. The van der Waals surface area contributed by atoms with Crippen molar-refractivity contribution in [3.8, 4) is 5.75 Å². The fourth-order valence-electron chi connectivity index (χ4n) is 2.42. The van der Waals surface area contributed by atoms with E-state index in [0.717, 1.165) is 20.1 Å². The first-order valence-corrected chi connectivity index (χ1v) is 8.30. The summed E-state index contributed by atoms with van der Waals surface area (Å²) in [6.07, 6.45) is 2.35. The molecule has 0 N–H and O–H groups in total. The van der Waals surface area contributed by atoms with E-state index in [4.69, 9.17) is 9.15 Å². The lowest BCUT2D eigenvalue weighted by Gasteiger charge is -2.13. The van der Waals surface area contributed by atoms with Crippen molar-refractivity contribution < 1.29 is 9.15 Å². The molecule has 0 aliphatic heterocycles. The molecule has 1 aromatic heterocycles. The average Bonchev–Trinajstić information content (AvgIpc) is 2.55. The Labute approximate surface area is 147 Å². The van der Waals surface area contributed by atoms with Crippen LogP contribution in [0.25, 0.3) is 11.0 Å². The van der Waals surface area contributed by atoms with Crippen molar-refractivity contribution in [3.05, 3.63) is 86.3 Å². The first kappa shape index (κ1) is 15.8. The molecule has 0 unspecified atom stereocenters. The van der Waals surface area contributed by atoms with Crippen LogP contribution in [0.4, 0.5) is 0 Å². The first-order valence-electron chi connectivity index (χ1n) is 7.22. The number of allylic oxidation sites excluding steroid dienone is 1. The number of halogens is 1. The molecule has 1 heterocycles. The second-order valence-electron chi connectivity index (χ2n) is 5.09. The number of ether oxygens (including phenoxy) is 1. The van der Waals surface area contributed by atoms with Crippen LogP contribution in [0.15, 0.2) is 70.4 Å². The molecule has 0 aliphatic carbocycles. The van der Waals surface area contributed by atoms with Crippen LogP contribution >= 0.6 is 22.6 Å². The first-order chi connectivity index (χ1) is 11.2. The molecule has 0 saturated carbocycles. The number of benzene rings is 2. The van der Waals surface area contributed by atoms with Gasteiger partial charge in [-0.25, -0.2) is 4.79 Å². The molecule has 0 spiro atoms. The van der Waals surface area contributed by atoms with E-state index in [2.05, 4.69) is 29.2 Å². The smallest absolute Gasteiger partial charge is 0.336 e. The zero-order valence-electron chi connectivity index (χ0n) is 12.4. The Kier molecular flexibility index (Phi) is 4.81. The average molecular weight is 418 g/mol. The van der Waals surface area contributed by atoms with Gasteiger partial charge in [-0.3, -0.25) is 0 Å². The summed E-state index contributed by atoms with van der Waals surface area (Å²) in [6.45, 7) is 4.25. The van der Waals surface area contributed by atoms with Crippen molar-refractivity contribution in [1.29, 1.82) is 0 Å². The molecule has 3 rings (SSSR count). The van der Waals surface area contributed by atoms with Gasteiger partial charge in [0.2, 0.25) is 0 Å². The van der Waals surface area contributed by atoms with Crippen molar-refractivity contribution in [1.82, 2.24) is 0 Å². The van der Waals surface area contributed by atoms with Gasteiger partial charge in [0, 0.05) is 26.1 Å². The largest absolute Gasteiger partial charge is 0.488 e. The summed E-state index contributed by atoms with van der Waals surface area (Å²) in [5.41, 5.74) is 2.17. The highest BCUT2D eigenvalue weighted by Gasteiger charge is 2.11. The Balaban J connectivity index is 1.99. The molecule has 0 saturated heterocycles. The molecule has 0 atom stereocenters. The maximum absolute atomic E-state index is 11.5. The molecule has 0 fully saturated rings. The number of hydrogen-bond donors (Lipinski definition) is 0. The van der Waals surface area contributed by atoms with Crippen LogP contribution in [-0.4, -0.2) is 0 Å². The maximum atomic E-state index is 11.5. The van der Waals surface area contributed by atoms with Crippen molar-refractivity contribution in [3.63, 3.8) is 0 Å². The molecule has 0 amide bonds. The van der Waals surface area contributed by atoms with E-state index in [9.17, 15) is 4.79 Å². The molecule has 0 radical (unpaired) electrons. The highest BCUT2D eigenvalue weighted by molar-refractivity contribution is 14.1. The molecular formula is C19H15IO3. The van der Waals surface area contributed by atoms with Gasteiger partial charge in [-0.05, 0) is 53.3 Å². The summed E-state index contributed by atoms with van der Waals surface area (Å²) in [5, 5.41) is 0.878. The lowest BCUT2D eigenvalue weighted by Crippen LogP contribution is -2.02. The summed E-state index contributed by atoms with van der Waals surface area (Å²) < 4.78 is 12.5. The van der Waals surface area contributed by atoms with E-state index in [1.807, 2.05) is 36.4 Å². The fraction of sp³-hybridized carbons (Fsp3) is 0.105. The number of hydrogen-bond acceptors (Lipinski definition) is 3. The Morgan fingerprint density at radius 1 is 1.13 bits per heavy atom. The number of fused-ring (bicyclic) bond motifs is 1. The van der Waals surface area contributed by atoms with Crippen molar-refractivity contribution in [2.24, 2.45) is 0 Å². The van der Waals surface area contributed by atoms with Crippen LogP contribution < -0.4 is 10.4 Å². The van der Waals surface area contributed by atoms with E-state index in [1.165, 1.54) is 6.07 Å². The van der Waals surface area contributed by atoms with Gasteiger partial charge in [0.15, 0.2) is 0 Å². The predicted molar refractivity (Wildman–Crippen MR) is 99.9 cm³/mol. The SMILES string of the molecule is C=CCc1c(OCc2ccccc2I)ccc2ccc(=O)oc12. The van der Waals surface area contributed by atoms with Crippen LogP contribution in [0.3, 0.4) is 0 Å². The van der Waals surface area contributed by atoms with Gasteiger partial charge in [-0.15, -0.1) is 6.58 Å². The van der Waals surface area contributed by atoms with Crippen molar-refractivity contribution in [2.45, 2.75) is 13.0 Å². The fourth-order valence-corrected chi connectivity index (χ4v) is 2.96. The Bertz CT molecular complexity index is 912. The van der Waals surface area contributed by atoms with Gasteiger partial charge in [0.25, 0.3) is 0 Å². The summed E-state index contributed by atoms with van der Waals surface area (Å²) in [5.74, 6) is 0.714. The predicted octanol–water partition coefficient (Wildman–Crippen LogP) is 4.71. The summed E-state index contributed by atoms with van der Waals surface area (Å²) >= 11 is 2.29. The molecule has 116 valence electrons. The summed E-state index contributed by atoms with van der Waals surface area (Å²) in [7, 11) is 0. The quantitative estimate of drug-likeness (QED) is 0.343. The Morgan fingerprint density at radius 3 is 2.70 bits per heavy atom. The van der Waals surface area contributed by atoms with Crippen molar-refractivity contribution >= 4 is 33.6 Å². The molecular weight excluding hydrogens is 403 g/mol. The minimum atomic E-state index is -0.363. The third-order valence-electron chi connectivity index (χ3n) is 3.54. The van der Waals surface area contributed by atoms with Crippen LogP contribution in [0.2, 0.25) is 0 Å². The standard InChI is InChI=1S/C19H15IO3/c1-2-5-15-17(22-12-14-6-3-4-7-16(14)20)10-8-13-9-11-18(21)23-19(13)15/h2-4,6-11H,1,5,12H2. The second-order valence-corrected chi connectivity index (χ2v) is 6.25. The van der Waals surface area contributed by atoms with Gasteiger partial charge in [0.05, 0.1) is 0 Å². The molecule has 0 aliphatic rings. The van der Waals surface area contributed by atoms with Crippen LogP contribution in [0.1, 0.15) is 11.1 Å². The third kappa shape index (κ3) is 3.47.